The lowest BCUT2D eigenvalue weighted by Gasteiger charge is -2.26. The second-order valence-electron chi connectivity index (χ2n) is 4.67. The van der Waals surface area contributed by atoms with Gasteiger partial charge in [-0.3, -0.25) is 0 Å². The van der Waals surface area contributed by atoms with Crippen molar-refractivity contribution >= 4 is 11.8 Å². The molecule has 1 saturated heterocycles. The van der Waals surface area contributed by atoms with Crippen molar-refractivity contribution in [3.8, 4) is 0 Å². The maximum Gasteiger partial charge on any atom is 0.122 e. The van der Waals surface area contributed by atoms with Crippen LogP contribution in [0.4, 0.5) is 0 Å². The van der Waals surface area contributed by atoms with Gasteiger partial charge in [0.2, 0.25) is 0 Å². The maximum absolute atomic E-state index is 4.40. The van der Waals surface area contributed by atoms with Gasteiger partial charge in [0.1, 0.15) is 5.82 Å². The SMILES string of the molecule is CCCn1ccnc1CNCCN1CCSCC1. The molecular formula is C13H24N4S. The van der Waals surface area contributed by atoms with Crippen LogP contribution in [0.3, 0.4) is 0 Å². The summed E-state index contributed by atoms with van der Waals surface area (Å²) >= 11 is 2.07. The lowest BCUT2D eigenvalue weighted by atomic mass is 10.4. The third kappa shape index (κ3) is 4.30. The molecule has 18 heavy (non-hydrogen) atoms. The minimum Gasteiger partial charge on any atom is -0.334 e. The van der Waals surface area contributed by atoms with Crippen molar-refractivity contribution < 1.29 is 0 Å². The third-order valence-corrected chi connectivity index (χ3v) is 4.20. The van der Waals surface area contributed by atoms with Crippen molar-refractivity contribution in [2.75, 3.05) is 37.7 Å². The molecule has 1 fully saturated rings. The number of hydrogen-bond donors (Lipinski definition) is 1. The summed E-state index contributed by atoms with van der Waals surface area (Å²) < 4.78 is 2.24. The Hall–Kier alpha value is -0.520. The highest BCUT2D eigenvalue weighted by molar-refractivity contribution is 7.99. The van der Waals surface area contributed by atoms with Crippen LogP contribution in [0, 0.1) is 0 Å². The molecule has 0 atom stereocenters. The summed E-state index contributed by atoms with van der Waals surface area (Å²) in [4.78, 5) is 6.95. The van der Waals surface area contributed by atoms with Crippen LogP contribution in [-0.2, 0) is 13.1 Å². The van der Waals surface area contributed by atoms with E-state index in [-0.39, 0.29) is 0 Å². The van der Waals surface area contributed by atoms with Gasteiger partial charge in [-0.2, -0.15) is 11.8 Å². The maximum atomic E-state index is 4.40. The average molecular weight is 268 g/mol. The predicted molar refractivity (Wildman–Crippen MR) is 78.0 cm³/mol. The van der Waals surface area contributed by atoms with E-state index in [1.807, 2.05) is 6.20 Å². The van der Waals surface area contributed by atoms with E-state index >= 15 is 0 Å². The number of imidazole rings is 1. The number of nitrogens with one attached hydrogen (secondary N) is 1. The van der Waals surface area contributed by atoms with Gasteiger partial charge in [0.15, 0.2) is 0 Å². The first-order valence-electron chi connectivity index (χ1n) is 6.91. The summed E-state index contributed by atoms with van der Waals surface area (Å²) in [5.74, 6) is 3.74. The van der Waals surface area contributed by atoms with Gasteiger partial charge >= 0.3 is 0 Å². The Morgan fingerprint density at radius 2 is 2.17 bits per heavy atom. The second kappa shape index (κ2) is 7.81. The van der Waals surface area contributed by atoms with Gasteiger partial charge in [0, 0.05) is 56.6 Å². The molecule has 1 aliphatic rings. The van der Waals surface area contributed by atoms with E-state index in [1.165, 1.54) is 24.6 Å². The Balaban J connectivity index is 1.63. The molecular weight excluding hydrogens is 244 g/mol. The fraction of sp³-hybridized carbons (Fsp3) is 0.769. The molecule has 5 heteroatoms. The zero-order valence-corrected chi connectivity index (χ0v) is 12.1. The zero-order valence-electron chi connectivity index (χ0n) is 11.3. The molecule has 1 N–H and O–H groups in total. The van der Waals surface area contributed by atoms with Crippen LogP contribution in [0.15, 0.2) is 12.4 Å². The van der Waals surface area contributed by atoms with Crippen LogP contribution >= 0.6 is 11.8 Å². The fourth-order valence-corrected chi connectivity index (χ4v) is 3.19. The van der Waals surface area contributed by atoms with E-state index < -0.39 is 0 Å². The normalized spacial score (nSPS) is 17.2. The van der Waals surface area contributed by atoms with Crippen LogP contribution in [0.25, 0.3) is 0 Å². The van der Waals surface area contributed by atoms with Gasteiger partial charge in [-0.1, -0.05) is 6.92 Å². The first-order valence-corrected chi connectivity index (χ1v) is 8.06. The monoisotopic (exact) mass is 268 g/mol. The summed E-state index contributed by atoms with van der Waals surface area (Å²) in [7, 11) is 0. The van der Waals surface area contributed by atoms with E-state index in [9.17, 15) is 0 Å². The summed E-state index contributed by atoms with van der Waals surface area (Å²) in [6.07, 6.45) is 5.13. The molecule has 0 spiro atoms. The molecule has 0 radical (unpaired) electrons. The fourth-order valence-electron chi connectivity index (χ4n) is 2.21. The molecule has 0 bridgehead atoms. The first-order chi connectivity index (χ1) is 8.90. The van der Waals surface area contributed by atoms with Gasteiger partial charge in [-0.25, -0.2) is 4.98 Å². The van der Waals surface area contributed by atoms with E-state index in [2.05, 4.69) is 44.7 Å². The molecule has 1 aromatic rings. The third-order valence-electron chi connectivity index (χ3n) is 3.26. The number of rotatable bonds is 7. The van der Waals surface area contributed by atoms with Gasteiger partial charge in [0.05, 0.1) is 6.54 Å². The summed E-state index contributed by atoms with van der Waals surface area (Å²) in [6.45, 7) is 8.87. The number of hydrogen-bond acceptors (Lipinski definition) is 4. The Bertz CT molecular complexity index is 333. The number of nitrogens with zero attached hydrogens (tertiary/aromatic N) is 3. The number of aromatic nitrogens is 2. The van der Waals surface area contributed by atoms with Crippen LogP contribution in [0.5, 0.6) is 0 Å². The summed E-state index contributed by atoms with van der Waals surface area (Å²) in [6, 6.07) is 0. The average Bonchev–Trinajstić information content (AvgIpc) is 2.84. The van der Waals surface area contributed by atoms with Gasteiger partial charge in [0.25, 0.3) is 0 Å². The highest BCUT2D eigenvalue weighted by atomic mass is 32.2. The van der Waals surface area contributed by atoms with Gasteiger partial charge in [-0.05, 0) is 6.42 Å². The number of aryl methyl sites for hydroxylation is 1. The Morgan fingerprint density at radius 1 is 1.33 bits per heavy atom. The van der Waals surface area contributed by atoms with E-state index in [1.54, 1.807) is 0 Å². The van der Waals surface area contributed by atoms with Crippen LogP contribution in [0.1, 0.15) is 19.2 Å². The molecule has 0 aliphatic carbocycles. The Kier molecular flexibility index (Phi) is 6.04. The topological polar surface area (TPSA) is 33.1 Å². The van der Waals surface area contributed by atoms with Crippen LogP contribution < -0.4 is 5.32 Å². The molecule has 1 aliphatic heterocycles. The molecule has 2 heterocycles. The zero-order chi connectivity index (χ0) is 12.6. The molecule has 0 aromatic carbocycles. The minimum atomic E-state index is 0.885. The minimum absolute atomic E-state index is 0.885. The van der Waals surface area contributed by atoms with E-state index in [4.69, 9.17) is 0 Å². The van der Waals surface area contributed by atoms with Crippen LogP contribution in [-0.4, -0.2) is 52.1 Å². The Morgan fingerprint density at radius 3 is 2.94 bits per heavy atom. The first kappa shape index (κ1) is 13.9. The van der Waals surface area contributed by atoms with Gasteiger partial charge in [-0.15, -0.1) is 0 Å². The van der Waals surface area contributed by atoms with Crippen molar-refractivity contribution in [1.29, 1.82) is 0 Å². The van der Waals surface area contributed by atoms with Gasteiger partial charge < -0.3 is 14.8 Å². The van der Waals surface area contributed by atoms with Crippen molar-refractivity contribution in [1.82, 2.24) is 19.8 Å². The molecule has 0 saturated carbocycles. The molecule has 0 unspecified atom stereocenters. The van der Waals surface area contributed by atoms with Crippen molar-refractivity contribution in [2.45, 2.75) is 26.4 Å². The largest absolute Gasteiger partial charge is 0.334 e. The van der Waals surface area contributed by atoms with E-state index in [0.717, 1.165) is 38.4 Å². The highest BCUT2D eigenvalue weighted by Gasteiger charge is 2.09. The Labute approximate surface area is 114 Å². The lowest BCUT2D eigenvalue weighted by Crippen LogP contribution is -2.37. The lowest BCUT2D eigenvalue weighted by molar-refractivity contribution is 0.300. The molecule has 2 rings (SSSR count). The second-order valence-corrected chi connectivity index (χ2v) is 5.89. The van der Waals surface area contributed by atoms with Crippen LogP contribution in [0.2, 0.25) is 0 Å². The molecule has 4 nitrogen and oxygen atoms in total. The quantitative estimate of drug-likeness (QED) is 0.759. The highest BCUT2D eigenvalue weighted by Crippen LogP contribution is 2.08. The molecule has 102 valence electrons. The smallest absolute Gasteiger partial charge is 0.122 e. The summed E-state index contributed by atoms with van der Waals surface area (Å²) in [5, 5.41) is 3.50. The summed E-state index contributed by atoms with van der Waals surface area (Å²) in [5.41, 5.74) is 0. The van der Waals surface area contributed by atoms with Crippen molar-refractivity contribution in [3.05, 3.63) is 18.2 Å². The van der Waals surface area contributed by atoms with Crippen molar-refractivity contribution in [2.24, 2.45) is 0 Å². The predicted octanol–water partition coefficient (Wildman–Crippen LogP) is 1.43. The standard InChI is InChI=1S/C13H24N4S/c1-2-5-17-7-4-15-13(17)12-14-3-6-16-8-10-18-11-9-16/h4,7,14H,2-3,5-6,8-12H2,1H3. The van der Waals surface area contributed by atoms with E-state index in [0.29, 0.717) is 0 Å². The molecule has 1 aromatic heterocycles. The number of thioether (sulfide) groups is 1. The molecule has 0 amide bonds. The van der Waals surface area contributed by atoms with Crippen molar-refractivity contribution in [3.63, 3.8) is 0 Å².